The Balaban J connectivity index is 1.74. The summed E-state index contributed by atoms with van der Waals surface area (Å²) >= 11 is 0. The monoisotopic (exact) mass is 233 g/mol. The lowest BCUT2D eigenvalue weighted by Crippen LogP contribution is -2.34. The molecule has 0 spiro atoms. The predicted octanol–water partition coefficient (Wildman–Crippen LogP) is 3.04. The van der Waals surface area contributed by atoms with Crippen molar-refractivity contribution < 1.29 is 4.74 Å². The second kappa shape index (κ2) is 6.18. The summed E-state index contributed by atoms with van der Waals surface area (Å²) in [5.41, 5.74) is 2.71. The van der Waals surface area contributed by atoms with E-state index in [2.05, 4.69) is 36.5 Å². The second-order valence-electron chi connectivity index (χ2n) is 5.08. The second-order valence-corrected chi connectivity index (χ2v) is 5.08. The molecule has 1 N–H and O–H groups in total. The maximum atomic E-state index is 5.39. The van der Waals surface area contributed by atoms with Crippen LogP contribution in [0.1, 0.15) is 36.8 Å². The fraction of sp³-hybridized carbons (Fsp3) is 0.600. The van der Waals surface area contributed by atoms with Crippen LogP contribution in [0.5, 0.6) is 0 Å². The third kappa shape index (κ3) is 3.83. The summed E-state index contributed by atoms with van der Waals surface area (Å²) in [7, 11) is 1.82. The minimum Gasteiger partial charge on any atom is -0.381 e. The molecule has 0 bridgehead atoms. The van der Waals surface area contributed by atoms with Gasteiger partial charge in [0.15, 0.2) is 0 Å². The van der Waals surface area contributed by atoms with Gasteiger partial charge >= 0.3 is 0 Å². The van der Waals surface area contributed by atoms with Gasteiger partial charge in [-0.25, -0.2) is 0 Å². The molecule has 2 heteroatoms. The van der Waals surface area contributed by atoms with Gasteiger partial charge in [-0.1, -0.05) is 29.8 Å². The van der Waals surface area contributed by atoms with Crippen molar-refractivity contribution in [2.75, 3.05) is 7.11 Å². The standard InChI is InChI=1S/C15H23NO/c1-12-3-5-13(6-4-12)11-16-14-7-9-15(17-2)10-8-14/h3-6,14-16H,7-11H2,1-2H3. The molecule has 1 aliphatic rings. The summed E-state index contributed by atoms with van der Waals surface area (Å²) in [6.45, 7) is 3.12. The summed E-state index contributed by atoms with van der Waals surface area (Å²) in [5.74, 6) is 0. The molecule has 1 aliphatic carbocycles. The maximum absolute atomic E-state index is 5.39. The molecule has 1 saturated carbocycles. The summed E-state index contributed by atoms with van der Waals surface area (Å²) in [5, 5.41) is 3.65. The highest BCUT2D eigenvalue weighted by Crippen LogP contribution is 2.20. The van der Waals surface area contributed by atoms with E-state index in [1.807, 2.05) is 7.11 Å². The van der Waals surface area contributed by atoms with E-state index in [-0.39, 0.29) is 0 Å². The number of nitrogens with one attached hydrogen (secondary N) is 1. The van der Waals surface area contributed by atoms with Crippen LogP contribution in [0.2, 0.25) is 0 Å². The summed E-state index contributed by atoms with van der Waals surface area (Å²) < 4.78 is 5.39. The van der Waals surface area contributed by atoms with E-state index in [9.17, 15) is 0 Å². The molecule has 2 rings (SSSR count). The van der Waals surface area contributed by atoms with Crippen molar-refractivity contribution in [1.82, 2.24) is 5.32 Å². The van der Waals surface area contributed by atoms with Crippen LogP contribution in [0.15, 0.2) is 24.3 Å². The van der Waals surface area contributed by atoms with Gasteiger partial charge in [-0.2, -0.15) is 0 Å². The molecule has 1 aromatic carbocycles. The summed E-state index contributed by atoms with van der Waals surface area (Å²) in [4.78, 5) is 0. The van der Waals surface area contributed by atoms with Crippen LogP contribution in [0.25, 0.3) is 0 Å². The zero-order valence-corrected chi connectivity index (χ0v) is 10.9. The van der Waals surface area contributed by atoms with Crippen molar-refractivity contribution in [1.29, 1.82) is 0 Å². The average Bonchev–Trinajstić information content (AvgIpc) is 2.39. The van der Waals surface area contributed by atoms with Gasteiger partial charge in [0.05, 0.1) is 6.10 Å². The van der Waals surface area contributed by atoms with Crippen molar-refractivity contribution in [2.24, 2.45) is 0 Å². The van der Waals surface area contributed by atoms with Crippen LogP contribution in [0.3, 0.4) is 0 Å². The fourth-order valence-electron chi connectivity index (χ4n) is 2.47. The van der Waals surface area contributed by atoms with Crippen LogP contribution in [0, 0.1) is 6.92 Å². The van der Waals surface area contributed by atoms with Gasteiger partial charge in [-0.3, -0.25) is 0 Å². The van der Waals surface area contributed by atoms with Gasteiger partial charge < -0.3 is 10.1 Å². The molecular formula is C15H23NO. The van der Waals surface area contributed by atoms with Gasteiger partial charge in [0, 0.05) is 19.7 Å². The van der Waals surface area contributed by atoms with Crippen molar-refractivity contribution in [2.45, 2.75) is 51.3 Å². The molecule has 0 aliphatic heterocycles. The van der Waals surface area contributed by atoms with Gasteiger partial charge in [0.25, 0.3) is 0 Å². The van der Waals surface area contributed by atoms with Gasteiger partial charge in [0.1, 0.15) is 0 Å². The first-order chi connectivity index (χ1) is 8.28. The van der Waals surface area contributed by atoms with E-state index in [1.54, 1.807) is 0 Å². The van der Waals surface area contributed by atoms with E-state index in [1.165, 1.54) is 36.8 Å². The Morgan fingerprint density at radius 2 is 1.76 bits per heavy atom. The number of benzene rings is 1. The largest absolute Gasteiger partial charge is 0.381 e. The molecule has 2 nitrogen and oxygen atoms in total. The molecule has 1 aromatic rings. The highest BCUT2D eigenvalue weighted by Gasteiger charge is 2.19. The van der Waals surface area contributed by atoms with Crippen molar-refractivity contribution >= 4 is 0 Å². The Bertz CT molecular complexity index is 325. The van der Waals surface area contributed by atoms with Crippen molar-refractivity contribution in [3.8, 4) is 0 Å². The zero-order chi connectivity index (χ0) is 12.1. The maximum Gasteiger partial charge on any atom is 0.0572 e. The lowest BCUT2D eigenvalue weighted by atomic mass is 9.93. The lowest BCUT2D eigenvalue weighted by molar-refractivity contribution is 0.0624. The first-order valence-electron chi connectivity index (χ1n) is 6.59. The average molecular weight is 233 g/mol. The topological polar surface area (TPSA) is 21.3 Å². The van der Waals surface area contributed by atoms with Gasteiger partial charge in [0.2, 0.25) is 0 Å². The summed E-state index contributed by atoms with van der Waals surface area (Å²) in [6.07, 6.45) is 5.37. The number of hydrogen-bond acceptors (Lipinski definition) is 2. The minimum absolute atomic E-state index is 0.493. The smallest absolute Gasteiger partial charge is 0.0572 e. The number of hydrogen-bond donors (Lipinski definition) is 1. The zero-order valence-electron chi connectivity index (χ0n) is 10.9. The molecule has 0 unspecified atom stereocenters. The molecule has 1 fully saturated rings. The number of methoxy groups -OCH3 is 1. The van der Waals surface area contributed by atoms with Crippen LogP contribution >= 0.6 is 0 Å². The van der Waals surface area contributed by atoms with Crippen LogP contribution in [-0.4, -0.2) is 19.3 Å². The van der Waals surface area contributed by atoms with Crippen molar-refractivity contribution in [3.05, 3.63) is 35.4 Å². The highest BCUT2D eigenvalue weighted by atomic mass is 16.5. The van der Waals surface area contributed by atoms with E-state index in [4.69, 9.17) is 4.74 Å². The van der Waals surface area contributed by atoms with Crippen molar-refractivity contribution in [3.63, 3.8) is 0 Å². The number of aryl methyl sites for hydroxylation is 1. The molecule has 0 saturated heterocycles. The van der Waals surface area contributed by atoms with E-state index in [0.29, 0.717) is 12.1 Å². The van der Waals surface area contributed by atoms with Crippen LogP contribution in [0.4, 0.5) is 0 Å². The Morgan fingerprint density at radius 1 is 1.12 bits per heavy atom. The third-order valence-electron chi connectivity index (χ3n) is 3.72. The predicted molar refractivity (Wildman–Crippen MR) is 71.1 cm³/mol. The molecule has 0 heterocycles. The third-order valence-corrected chi connectivity index (χ3v) is 3.72. The van der Waals surface area contributed by atoms with E-state index < -0.39 is 0 Å². The minimum atomic E-state index is 0.493. The first kappa shape index (κ1) is 12.6. The molecule has 0 aromatic heterocycles. The van der Waals surface area contributed by atoms with E-state index >= 15 is 0 Å². The molecular weight excluding hydrogens is 210 g/mol. The number of ether oxygens (including phenoxy) is 1. The first-order valence-corrected chi connectivity index (χ1v) is 6.59. The Kier molecular flexibility index (Phi) is 4.57. The Hall–Kier alpha value is -0.860. The van der Waals surface area contributed by atoms with Gasteiger partial charge in [-0.05, 0) is 38.2 Å². The highest BCUT2D eigenvalue weighted by molar-refractivity contribution is 5.21. The fourth-order valence-corrected chi connectivity index (χ4v) is 2.47. The Morgan fingerprint density at radius 3 is 2.35 bits per heavy atom. The summed E-state index contributed by atoms with van der Waals surface area (Å²) in [6, 6.07) is 9.45. The Labute approximate surface area is 104 Å². The molecule has 0 atom stereocenters. The normalized spacial score (nSPS) is 24.8. The SMILES string of the molecule is COC1CCC(NCc2ccc(C)cc2)CC1. The molecule has 0 radical (unpaired) electrons. The van der Waals surface area contributed by atoms with E-state index in [0.717, 1.165) is 6.54 Å². The quantitative estimate of drug-likeness (QED) is 0.863. The molecule has 17 heavy (non-hydrogen) atoms. The van der Waals surface area contributed by atoms with Gasteiger partial charge in [-0.15, -0.1) is 0 Å². The van der Waals surface area contributed by atoms with Crippen LogP contribution < -0.4 is 5.32 Å². The van der Waals surface area contributed by atoms with Crippen LogP contribution in [-0.2, 0) is 11.3 Å². The molecule has 0 amide bonds. The lowest BCUT2D eigenvalue weighted by Gasteiger charge is -2.28. The molecule has 94 valence electrons. The number of rotatable bonds is 4.